The molecule has 0 radical (unpaired) electrons. The van der Waals surface area contributed by atoms with Gasteiger partial charge in [-0.1, -0.05) is 36.4 Å². The van der Waals surface area contributed by atoms with Gasteiger partial charge in [-0.25, -0.2) is 0 Å². The van der Waals surface area contributed by atoms with E-state index in [1.54, 1.807) is 5.56 Å². The Labute approximate surface area is 143 Å². The predicted molar refractivity (Wildman–Crippen MR) is 86.9 cm³/mol. The SMILES string of the molecule is C[C@@]12[C@H]3CC[C@@H]1C[N@+]2(Cc1ccc2ccccc2c1)CC3.[Br-]. The van der Waals surface area contributed by atoms with Crippen LogP contribution in [0.4, 0.5) is 0 Å². The van der Waals surface area contributed by atoms with Crippen molar-refractivity contribution in [1.82, 2.24) is 0 Å². The van der Waals surface area contributed by atoms with Crippen LogP contribution in [0.25, 0.3) is 10.8 Å². The topological polar surface area (TPSA) is 0 Å². The molecule has 0 unspecified atom stereocenters. The predicted octanol–water partition coefficient (Wildman–Crippen LogP) is 1.36. The van der Waals surface area contributed by atoms with Crippen LogP contribution in [0.5, 0.6) is 0 Å². The van der Waals surface area contributed by atoms with Gasteiger partial charge in [0.15, 0.2) is 0 Å². The van der Waals surface area contributed by atoms with E-state index in [0.29, 0.717) is 5.54 Å². The van der Waals surface area contributed by atoms with Gasteiger partial charge in [-0.2, -0.15) is 0 Å². The molecule has 0 aromatic heterocycles. The normalized spacial score (nSPS) is 38.4. The second kappa shape index (κ2) is 4.82. The maximum Gasteiger partial charge on any atom is 0.108 e. The molecule has 1 aliphatic carbocycles. The molecule has 4 atom stereocenters. The fourth-order valence-corrected chi connectivity index (χ4v) is 6.05. The van der Waals surface area contributed by atoms with E-state index < -0.39 is 0 Å². The highest BCUT2D eigenvalue weighted by atomic mass is 79.9. The molecule has 0 spiro atoms. The zero-order valence-electron chi connectivity index (χ0n) is 13.3. The summed E-state index contributed by atoms with van der Waals surface area (Å²) < 4.78 is 1.39. The van der Waals surface area contributed by atoms with Crippen LogP contribution >= 0.6 is 0 Å². The van der Waals surface area contributed by atoms with Crippen molar-refractivity contribution in [2.45, 2.75) is 38.3 Å². The molecule has 3 aliphatic rings. The van der Waals surface area contributed by atoms with Crippen LogP contribution in [-0.4, -0.2) is 23.1 Å². The van der Waals surface area contributed by atoms with Gasteiger partial charge in [-0.05, 0) is 36.6 Å². The van der Waals surface area contributed by atoms with Crippen molar-refractivity contribution >= 4 is 10.8 Å². The molecule has 5 rings (SSSR count). The van der Waals surface area contributed by atoms with Crippen molar-refractivity contribution in [3.63, 3.8) is 0 Å². The quantitative estimate of drug-likeness (QED) is 0.712. The third-order valence-corrected chi connectivity index (χ3v) is 7.31. The van der Waals surface area contributed by atoms with Crippen LogP contribution in [0, 0.1) is 11.8 Å². The molecule has 2 heteroatoms. The van der Waals surface area contributed by atoms with Gasteiger partial charge < -0.3 is 21.5 Å². The fourth-order valence-electron chi connectivity index (χ4n) is 6.05. The Hall–Kier alpha value is -0.860. The summed E-state index contributed by atoms with van der Waals surface area (Å²) in [5, 5.41) is 2.77. The maximum atomic E-state index is 2.60. The fraction of sp³-hybridized carbons (Fsp3) is 0.500. The Kier molecular flexibility index (Phi) is 3.22. The average Bonchev–Trinajstić information content (AvgIpc) is 2.85. The van der Waals surface area contributed by atoms with Crippen molar-refractivity contribution in [2.24, 2.45) is 11.8 Å². The van der Waals surface area contributed by atoms with Crippen molar-refractivity contribution in [1.29, 1.82) is 0 Å². The number of fused-ring (bicyclic) bond motifs is 1. The minimum atomic E-state index is 0. The zero-order chi connectivity index (χ0) is 14.1. The van der Waals surface area contributed by atoms with Gasteiger partial charge in [0.2, 0.25) is 0 Å². The average molecular weight is 358 g/mol. The molecular weight excluding hydrogens is 334 g/mol. The van der Waals surface area contributed by atoms with Gasteiger partial charge in [-0.15, -0.1) is 0 Å². The van der Waals surface area contributed by atoms with Crippen LogP contribution < -0.4 is 17.0 Å². The van der Waals surface area contributed by atoms with Gasteiger partial charge in [0.05, 0.1) is 19.0 Å². The summed E-state index contributed by atoms with van der Waals surface area (Å²) in [7, 11) is 0. The number of rotatable bonds is 2. The Balaban J connectivity index is 0.00000125. The van der Waals surface area contributed by atoms with Gasteiger partial charge >= 0.3 is 0 Å². The first kappa shape index (κ1) is 14.7. The molecule has 2 heterocycles. The van der Waals surface area contributed by atoms with E-state index in [1.807, 2.05) is 0 Å². The lowest BCUT2D eigenvalue weighted by Crippen LogP contribution is -3.00. The summed E-state index contributed by atoms with van der Waals surface area (Å²) in [6.07, 6.45) is 4.47. The molecule has 2 aliphatic heterocycles. The van der Waals surface area contributed by atoms with Crippen molar-refractivity contribution in [2.75, 3.05) is 13.1 Å². The Bertz CT molecular complexity index is 726. The highest BCUT2D eigenvalue weighted by Gasteiger charge is 2.72. The van der Waals surface area contributed by atoms with Gasteiger partial charge in [0, 0.05) is 17.9 Å². The molecular formula is C20H24BrN. The molecule has 1 nitrogen and oxygen atoms in total. The van der Waals surface area contributed by atoms with E-state index in [4.69, 9.17) is 0 Å². The van der Waals surface area contributed by atoms with Crippen LogP contribution in [0.2, 0.25) is 0 Å². The van der Waals surface area contributed by atoms with E-state index >= 15 is 0 Å². The van der Waals surface area contributed by atoms with Crippen LogP contribution in [0.15, 0.2) is 42.5 Å². The monoisotopic (exact) mass is 357 g/mol. The highest BCUT2D eigenvalue weighted by molar-refractivity contribution is 5.82. The molecule has 22 heavy (non-hydrogen) atoms. The summed E-state index contributed by atoms with van der Waals surface area (Å²) in [5.41, 5.74) is 2.16. The van der Waals surface area contributed by atoms with Crippen molar-refractivity contribution < 1.29 is 21.5 Å². The van der Waals surface area contributed by atoms with E-state index in [0.717, 1.165) is 11.8 Å². The van der Waals surface area contributed by atoms with Crippen LogP contribution in [0.3, 0.4) is 0 Å². The molecule has 0 N–H and O–H groups in total. The molecule has 2 saturated heterocycles. The van der Waals surface area contributed by atoms with Crippen LogP contribution in [-0.2, 0) is 6.54 Å². The zero-order valence-corrected chi connectivity index (χ0v) is 14.8. The molecule has 1 saturated carbocycles. The molecule has 116 valence electrons. The van der Waals surface area contributed by atoms with E-state index in [9.17, 15) is 0 Å². The molecule has 2 aromatic carbocycles. The minimum Gasteiger partial charge on any atom is -1.00 e. The number of hydrogen-bond acceptors (Lipinski definition) is 0. The minimum absolute atomic E-state index is 0. The lowest BCUT2D eigenvalue weighted by Gasteiger charge is -2.60. The van der Waals surface area contributed by atoms with E-state index in [2.05, 4.69) is 49.4 Å². The summed E-state index contributed by atoms with van der Waals surface area (Å²) in [4.78, 5) is 0. The Morgan fingerprint density at radius 1 is 1.00 bits per heavy atom. The second-order valence-electron chi connectivity index (χ2n) is 7.88. The second-order valence-corrected chi connectivity index (χ2v) is 7.88. The largest absolute Gasteiger partial charge is 1.00 e. The Morgan fingerprint density at radius 3 is 2.64 bits per heavy atom. The van der Waals surface area contributed by atoms with Gasteiger partial charge in [-0.3, -0.25) is 0 Å². The number of halogens is 1. The summed E-state index contributed by atoms with van der Waals surface area (Å²) >= 11 is 0. The molecule has 2 aromatic rings. The number of hydrogen-bond donors (Lipinski definition) is 0. The molecule has 0 bridgehead atoms. The standard InChI is InChI=1S/C20H24N.BrH/c1-20-18-8-9-19(20)14-21(20,11-10-18)13-15-6-7-16-4-2-3-5-17(16)12-15;/h2-7,12,18-19H,8-11,13-14H2,1H3;1H/q+1;/p-1/t18-,19+,20+,21+;/m0./s1. The first-order valence-electron chi connectivity index (χ1n) is 8.55. The third kappa shape index (κ3) is 1.68. The Morgan fingerprint density at radius 2 is 1.77 bits per heavy atom. The first-order valence-corrected chi connectivity index (χ1v) is 8.55. The van der Waals surface area contributed by atoms with Crippen molar-refractivity contribution in [3.05, 3.63) is 48.0 Å². The molecule has 0 amide bonds. The molecule has 3 fully saturated rings. The highest BCUT2D eigenvalue weighted by Crippen LogP contribution is 2.63. The van der Waals surface area contributed by atoms with Gasteiger partial charge in [0.25, 0.3) is 0 Å². The first-order chi connectivity index (χ1) is 10.2. The number of benzene rings is 2. The van der Waals surface area contributed by atoms with E-state index in [1.165, 1.54) is 54.2 Å². The smallest absolute Gasteiger partial charge is 0.108 e. The lowest BCUT2D eigenvalue weighted by atomic mass is 9.73. The number of nitrogens with zero attached hydrogens (tertiary/aromatic N) is 1. The van der Waals surface area contributed by atoms with Gasteiger partial charge in [0.1, 0.15) is 12.1 Å². The van der Waals surface area contributed by atoms with Crippen LogP contribution in [0.1, 0.15) is 31.7 Å². The summed E-state index contributed by atoms with van der Waals surface area (Å²) in [6, 6.07) is 15.9. The summed E-state index contributed by atoms with van der Waals surface area (Å²) in [5.74, 6) is 2.03. The van der Waals surface area contributed by atoms with E-state index in [-0.39, 0.29) is 17.0 Å². The summed E-state index contributed by atoms with van der Waals surface area (Å²) in [6.45, 7) is 6.73. The van der Waals surface area contributed by atoms with Crippen molar-refractivity contribution in [3.8, 4) is 0 Å². The maximum absolute atomic E-state index is 2.60. The number of quaternary nitrogens is 1. The lowest BCUT2D eigenvalue weighted by molar-refractivity contribution is -1.02. The third-order valence-electron chi connectivity index (χ3n) is 7.31.